The average Bonchev–Trinajstić information content (AvgIpc) is 2.87. The summed E-state index contributed by atoms with van der Waals surface area (Å²) in [5, 5.41) is 3.12. The zero-order valence-electron chi connectivity index (χ0n) is 9.62. The molecular weight excluding hydrogens is 220 g/mol. The van der Waals surface area contributed by atoms with Crippen molar-refractivity contribution in [3.8, 4) is 10.8 Å². The normalized spacial score (nSPS) is 10.9. The van der Waals surface area contributed by atoms with Gasteiger partial charge in [0.2, 0.25) is 5.89 Å². The summed E-state index contributed by atoms with van der Waals surface area (Å²) >= 11 is 1.71. The molecule has 0 aliphatic rings. The Labute approximate surface area is 99.5 Å². The van der Waals surface area contributed by atoms with Crippen molar-refractivity contribution in [2.24, 2.45) is 0 Å². The molecule has 0 unspecified atom stereocenters. The van der Waals surface area contributed by atoms with Gasteiger partial charge < -0.3 is 9.73 Å². The van der Waals surface area contributed by atoms with Crippen LogP contribution in [-0.2, 0) is 6.42 Å². The van der Waals surface area contributed by atoms with E-state index in [0.29, 0.717) is 0 Å². The molecule has 0 bridgehead atoms. The molecule has 0 radical (unpaired) electrons. The molecule has 0 aliphatic carbocycles. The van der Waals surface area contributed by atoms with Crippen molar-refractivity contribution in [1.29, 1.82) is 0 Å². The van der Waals surface area contributed by atoms with Crippen LogP contribution >= 0.6 is 11.3 Å². The van der Waals surface area contributed by atoms with Crippen molar-refractivity contribution >= 4 is 11.3 Å². The van der Waals surface area contributed by atoms with Crippen LogP contribution in [0.25, 0.3) is 10.8 Å². The van der Waals surface area contributed by atoms with Crippen LogP contribution in [0.2, 0.25) is 0 Å². The molecule has 3 nitrogen and oxygen atoms in total. The number of thiophene rings is 1. The van der Waals surface area contributed by atoms with Crippen LogP contribution in [0.15, 0.2) is 22.8 Å². The second-order valence-corrected chi connectivity index (χ2v) is 5.05. The van der Waals surface area contributed by atoms with E-state index in [0.717, 1.165) is 35.8 Å². The van der Waals surface area contributed by atoms with Crippen molar-refractivity contribution < 1.29 is 4.42 Å². The highest BCUT2D eigenvalue weighted by molar-refractivity contribution is 7.15. The summed E-state index contributed by atoms with van der Waals surface area (Å²) in [5.74, 6) is 0.748. The minimum atomic E-state index is 0.748. The molecule has 16 heavy (non-hydrogen) atoms. The van der Waals surface area contributed by atoms with Crippen LogP contribution in [0.1, 0.15) is 17.0 Å². The number of aromatic nitrogens is 1. The summed E-state index contributed by atoms with van der Waals surface area (Å²) in [6.45, 7) is 3.10. The number of rotatable bonds is 5. The van der Waals surface area contributed by atoms with Gasteiger partial charge in [-0.2, -0.15) is 0 Å². The molecule has 2 rings (SSSR count). The predicted octanol–water partition coefficient (Wildman–Crippen LogP) is 2.86. The van der Waals surface area contributed by atoms with Gasteiger partial charge in [0.1, 0.15) is 6.26 Å². The lowest BCUT2D eigenvalue weighted by atomic mass is 10.2. The van der Waals surface area contributed by atoms with E-state index in [-0.39, 0.29) is 0 Å². The molecule has 0 spiro atoms. The predicted molar refractivity (Wildman–Crippen MR) is 66.8 cm³/mol. The Bertz CT molecular complexity index is 447. The number of oxazole rings is 1. The number of hydrogen-bond donors (Lipinski definition) is 1. The Morgan fingerprint density at radius 2 is 2.31 bits per heavy atom. The molecule has 1 N–H and O–H groups in total. The third-order valence-corrected chi connectivity index (χ3v) is 3.35. The summed E-state index contributed by atoms with van der Waals surface area (Å²) < 4.78 is 5.47. The topological polar surface area (TPSA) is 38.1 Å². The van der Waals surface area contributed by atoms with Crippen molar-refractivity contribution in [3.63, 3.8) is 0 Å². The Morgan fingerprint density at radius 1 is 1.44 bits per heavy atom. The zero-order valence-corrected chi connectivity index (χ0v) is 10.4. The third-order valence-electron chi connectivity index (χ3n) is 2.36. The summed E-state index contributed by atoms with van der Waals surface area (Å²) in [6, 6.07) is 4.15. The number of nitrogens with one attached hydrogen (secondary N) is 1. The Morgan fingerprint density at radius 3 is 3.00 bits per heavy atom. The van der Waals surface area contributed by atoms with Crippen LogP contribution in [0.3, 0.4) is 0 Å². The second kappa shape index (κ2) is 5.27. The van der Waals surface area contributed by atoms with E-state index in [1.165, 1.54) is 4.88 Å². The lowest BCUT2D eigenvalue weighted by Gasteiger charge is -1.94. The fraction of sp³-hybridized carbons (Fsp3) is 0.417. The van der Waals surface area contributed by atoms with E-state index in [9.17, 15) is 0 Å². The highest BCUT2D eigenvalue weighted by atomic mass is 32.1. The molecule has 0 saturated carbocycles. The molecule has 86 valence electrons. The van der Waals surface area contributed by atoms with Gasteiger partial charge in [-0.3, -0.25) is 0 Å². The van der Waals surface area contributed by atoms with Crippen LogP contribution in [0, 0.1) is 6.92 Å². The molecule has 4 heteroatoms. The molecule has 0 aromatic carbocycles. The Kier molecular flexibility index (Phi) is 3.74. The molecule has 0 atom stereocenters. The summed E-state index contributed by atoms with van der Waals surface area (Å²) in [4.78, 5) is 6.87. The fourth-order valence-corrected chi connectivity index (χ4v) is 2.33. The molecule has 2 heterocycles. The zero-order chi connectivity index (χ0) is 11.4. The van der Waals surface area contributed by atoms with Gasteiger partial charge in [0.05, 0.1) is 10.6 Å². The maximum Gasteiger partial charge on any atom is 0.236 e. The summed E-state index contributed by atoms with van der Waals surface area (Å²) in [7, 11) is 1.96. The van der Waals surface area contributed by atoms with Crippen LogP contribution in [0.5, 0.6) is 0 Å². The third kappa shape index (κ3) is 2.71. The maximum absolute atomic E-state index is 5.47. The fourth-order valence-electron chi connectivity index (χ4n) is 1.53. The van der Waals surface area contributed by atoms with Crippen LogP contribution < -0.4 is 5.32 Å². The van der Waals surface area contributed by atoms with Crippen molar-refractivity contribution in [1.82, 2.24) is 10.3 Å². The van der Waals surface area contributed by atoms with Gasteiger partial charge >= 0.3 is 0 Å². The van der Waals surface area contributed by atoms with Gasteiger partial charge in [-0.05, 0) is 45.5 Å². The standard InChI is InChI=1S/C12H16N2OS/c1-9-5-6-11(16-9)12-14-10(8-15-12)4-3-7-13-2/h5-6,8,13H,3-4,7H2,1-2H3. The smallest absolute Gasteiger partial charge is 0.236 e. The van der Waals surface area contributed by atoms with Gasteiger partial charge in [0.15, 0.2) is 0 Å². The van der Waals surface area contributed by atoms with Gasteiger partial charge in [-0.15, -0.1) is 11.3 Å². The minimum Gasteiger partial charge on any atom is -0.444 e. The highest BCUT2D eigenvalue weighted by Gasteiger charge is 2.08. The van der Waals surface area contributed by atoms with Crippen LogP contribution in [-0.4, -0.2) is 18.6 Å². The first-order valence-corrected chi connectivity index (χ1v) is 6.27. The SMILES string of the molecule is CNCCCc1coc(-c2ccc(C)s2)n1. The summed E-state index contributed by atoms with van der Waals surface area (Å²) in [6.07, 6.45) is 3.82. The van der Waals surface area contributed by atoms with Gasteiger partial charge in [-0.1, -0.05) is 0 Å². The molecule has 0 fully saturated rings. The number of hydrogen-bond acceptors (Lipinski definition) is 4. The molecular formula is C12H16N2OS. The van der Waals surface area contributed by atoms with E-state index in [1.807, 2.05) is 7.05 Å². The van der Waals surface area contributed by atoms with E-state index in [4.69, 9.17) is 4.42 Å². The van der Waals surface area contributed by atoms with E-state index >= 15 is 0 Å². The molecule has 0 amide bonds. The van der Waals surface area contributed by atoms with Crippen molar-refractivity contribution in [3.05, 3.63) is 29.0 Å². The molecule has 2 aromatic rings. The first-order chi connectivity index (χ1) is 7.79. The van der Waals surface area contributed by atoms with Crippen LogP contribution in [0.4, 0.5) is 0 Å². The van der Waals surface area contributed by atoms with Gasteiger partial charge in [0.25, 0.3) is 0 Å². The van der Waals surface area contributed by atoms with E-state index < -0.39 is 0 Å². The number of nitrogens with zero attached hydrogens (tertiary/aromatic N) is 1. The van der Waals surface area contributed by atoms with E-state index in [2.05, 4.69) is 29.4 Å². The van der Waals surface area contributed by atoms with Crippen molar-refractivity contribution in [2.45, 2.75) is 19.8 Å². The minimum absolute atomic E-state index is 0.748. The quantitative estimate of drug-likeness (QED) is 0.811. The second-order valence-electron chi connectivity index (χ2n) is 3.76. The molecule has 0 saturated heterocycles. The Balaban J connectivity index is 2.02. The van der Waals surface area contributed by atoms with Gasteiger partial charge in [-0.25, -0.2) is 4.98 Å². The monoisotopic (exact) mass is 236 g/mol. The van der Waals surface area contributed by atoms with E-state index in [1.54, 1.807) is 17.6 Å². The summed E-state index contributed by atoms with van der Waals surface area (Å²) in [5.41, 5.74) is 1.04. The Hall–Kier alpha value is -1.13. The lowest BCUT2D eigenvalue weighted by Crippen LogP contribution is -2.08. The van der Waals surface area contributed by atoms with Crippen molar-refractivity contribution in [2.75, 3.05) is 13.6 Å². The first kappa shape index (κ1) is 11.4. The number of aryl methyl sites for hydroxylation is 2. The maximum atomic E-state index is 5.47. The molecule has 0 aliphatic heterocycles. The first-order valence-electron chi connectivity index (χ1n) is 5.45. The highest BCUT2D eigenvalue weighted by Crippen LogP contribution is 2.26. The van der Waals surface area contributed by atoms with Gasteiger partial charge in [0, 0.05) is 4.88 Å². The molecule has 2 aromatic heterocycles. The average molecular weight is 236 g/mol. The largest absolute Gasteiger partial charge is 0.444 e. The lowest BCUT2D eigenvalue weighted by molar-refractivity contribution is 0.573.